The Hall–Kier alpha value is -0.120. The lowest BCUT2D eigenvalue weighted by atomic mass is 9.96. The van der Waals surface area contributed by atoms with E-state index in [1.807, 2.05) is 0 Å². The fourth-order valence-corrected chi connectivity index (χ4v) is 2.03. The Bertz CT molecular complexity index is 183. The van der Waals surface area contributed by atoms with Crippen molar-refractivity contribution in [3.63, 3.8) is 0 Å². The van der Waals surface area contributed by atoms with Crippen LogP contribution >= 0.6 is 0 Å². The predicted octanol–water partition coefficient (Wildman–Crippen LogP) is 1.86. The Morgan fingerprint density at radius 2 is 1.88 bits per heavy atom. The quantitative estimate of drug-likeness (QED) is 0.754. The number of nitrogens with zero attached hydrogens (tertiary/aromatic N) is 1. The second kappa shape index (κ2) is 6.58. The zero-order valence-electron chi connectivity index (χ0n) is 11.2. The molecule has 1 aliphatic rings. The molecule has 1 fully saturated rings. The summed E-state index contributed by atoms with van der Waals surface area (Å²) in [5.74, 6) is 0.877. The highest BCUT2D eigenvalue weighted by molar-refractivity contribution is 4.73. The molecule has 1 aliphatic heterocycles. The van der Waals surface area contributed by atoms with Gasteiger partial charge in [-0.15, -0.1) is 0 Å². The van der Waals surface area contributed by atoms with Crippen molar-refractivity contribution < 1.29 is 4.74 Å². The van der Waals surface area contributed by atoms with E-state index in [2.05, 4.69) is 25.8 Å². The highest BCUT2D eigenvalue weighted by atomic mass is 16.5. The Morgan fingerprint density at radius 3 is 2.44 bits per heavy atom. The summed E-state index contributed by atoms with van der Waals surface area (Å²) >= 11 is 0. The van der Waals surface area contributed by atoms with E-state index in [4.69, 9.17) is 10.5 Å². The standard InChI is InChI=1S/C13H28N2O/c1-13(2,14)7-9-15(3)8-4-12-5-10-16-11-6-12/h12H,4-11,14H2,1-3H3. The van der Waals surface area contributed by atoms with E-state index in [1.54, 1.807) is 0 Å². The van der Waals surface area contributed by atoms with Gasteiger partial charge >= 0.3 is 0 Å². The number of rotatable bonds is 6. The molecule has 0 radical (unpaired) electrons. The van der Waals surface area contributed by atoms with Gasteiger partial charge in [-0.25, -0.2) is 0 Å². The van der Waals surface area contributed by atoms with E-state index < -0.39 is 0 Å². The predicted molar refractivity (Wildman–Crippen MR) is 68.5 cm³/mol. The molecule has 1 heterocycles. The summed E-state index contributed by atoms with van der Waals surface area (Å²) < 4.78 is 5.37. The van der Waals surface area contributed by atoms with Gasteiger partial charge in [0, 0.05) is 18.8 Å². The minimum Gasteiger partial charge on any atom is -0.381 e. The molecule has 3 heteroatoms. The van der Waals surface area contributed by atoms with Gasteiger partial charge in [0.15, 0.2) is 0 Å². The number of ether oxygens (including phenoxy) is 1. The van der Waals surface area contributed by atoms with E-state index in [1.165, 1.54) is 25.8 Å². The van der Waals surface area contributed by atoms with Gasteiger partial charge in [0.2, 0.25) is 0 Å². The van der Waals surface area contributed by atoms with Crippen molar-refractivity contribution in [2.75, 3.05) is 33.4 Å². The van der Waals surface area contributed by atoms with Crippen LogP contribution in [0.1, 0.15) is 39.5 Å². The Kier molecular flexibility index (Phi) is 5.73. The highest BCUT2D eigenvalue weighted by Gasteiger charge is 2.15. The zero-order chi connectivity index (χ0) is 12.0. The topological polar surface area (TPSA) is 38.5 Å². The highest BCUT2D eigenvalue weighted by Crippen LogP contribution is 2.18. The molecule has 0 aromatic rings. The molecule has 96 valence electrons. The maximum atomic E-state index is 5.98. The Labute approximate surface area is 100 Å². The molecular formula is C13H28N2O. The molecule has 2 N–H and O–H groups in total. The maximum absolute atomic E-state index is 5.98. The average Bonchev–Trinajstić information content (AvgIpc) is 2.24. The normalized spacial score (nSPS) is 19.3. The van der Waals surface area contributed by atoms with E-state index in [0.29, 0.717) is 0 Å². The average molecular weight is 228 g/mol. The van der Waals surface area contributed by atoms with Crippen molar-refractivity contribution >= 4 is 0 Å². The van der Waals surface area contributed by atoms with Crippen LogP contribution in [0.2, 0.25) is 0 Å². The van der Waals surface area contributed by atoms with Crippen LogP contribution in [0.3, 0.4) is 0 Å². The lowest BCUT2D eigenvalue weighted by Crippen LogP contribution is -2.36. The van der Waals surface area contributed by atoms with Crippen LogP contribution < -0.4 is 5.73 Å². The largest absolute Gasteiger partial charge is 0.381 e. The first-order valence-electron chi connectivity index (χ1n) is 6.52. The molecule has 16 heavy (non-hydrogen) atoms. The van der Waals surface area contributed by atoms with Gasteiger partial charge in [-0.2, -0.15) is 0 Å². The first-order chi connectivity index (χ1) is 7.47. The van der Waals surface area contributed by atoms with Crippen molar-refractivity contribution in [3.05, 3.63) is 0 Å². The monoisotopic (exact) mass is 228 g/mol. The second-order valence-corrected chi connectivity index (χ2v) is 5.89. The molecule has 0 spiro atoms. The number of hydrogen-bond donors (Lipinski definition) is 1. The van der Waals surface area contributed by atoms with Crippen LogP contribution in [0.25, 0.3) is 0 Å². The summed E-state index contributed by atoms with van der Waals surface area (Å²) in [6.45, 7) is 8.42. The fraction of sp³-hybridized carbons (Fsp3) is 1.00. The molecule has 0 atom stereocenters. The third-order valence-electron chi connectivity index (χ3n) is 3.40. The van der Waals surface area contributed by atoms with Crippen LogP contribution in [0.4, 0.5) is 0 Å². The van der Waals surface area contributed by atoms with Gasteiger partial charge in [-0.05, 0) is 65.6 Å². The number of hydrogen-bond acceptors (Lipinski definition) is 3. The third kappa shape index (κ3) is 6.46. The summed E-state index contributed by atoms with van der Waals surface area (Å²) in [5, 5.41) is 0. The van der Waals surface area contributed by atoms with Crippen molar-refractivity contribution in [3.8, 4) is 0 Å². The van der Waals surface area contributed by atoms with E-state index in [-0.39, 0.29) is 5.54 Å². The van der Waals surface area contributed by atoms with Crippen molar-refractivity contribution in [2.24, 2.45) is 11.7 Å². The molecule has 0 bridgehead atoms. The van der Waals surface area contributed by atoms with Crippen LogP contribution in [0, 0.1) is 5.92 Å². The molecular weight excluding hydrogens is 200 g/mol. The van der Waals surface area contributed by atoms with E-state index in [9.17, 15) is 0 Å². The van der Waals surface area contributed by atoms with E-state index >= 15 is 0 Å². The molecule has 0 aromatic heterocycles. The summed E-state index contributed by atoms with van der Waals surface area (Å²) in [5.41, 5.74) is 5.94. The van der Waals surface area contributed by atoms with Gasteiger partial charge in [0.05, 0.1) is 0 Å². The van der Waals surface area contributed by atoms with Gasteiger partial charge in [0.25, 0.3) is 0 Å². The minimum absolute atomic E-state index is 0.0348. The molecule has 1 saturated heterocycles. The van der Waals surface area contributed by atoms with Crippen LogP contribution in [0.15, 0.2) is 0 Å². The van der Waals surface area contributed by atoms with Gasteiger partial charge in [-0.3, -0.25) is 0 Å². The molecule has 0 aromatic carbocycles. The second-order valence-electron chi connectivity index (χ2n) is 5.89. The first-order valence-corrected chi connectivity index (χ1v) is 6.52. The third-order valence-corrected chi connectivity index (χ3v) is 3.40. The van der Waals surface area contributed by atoms with E-state index in [0.717, 1.165) is 32.1 Å². The lowest BCUT2D eigenvalue weighted by Gasteiger charge is -2.26. The minimum atomic E-state index is -0.0348. The van der Waals surface area contributed by atoms with Gasteiger partial charge in [-0.1, -0.05) is 0 Å². The molecule has 3 nitrogen and oxygen atoms in total. The first kappa shape index (κ1) is 13.9. The van der Waals surface area contributed by atoms with Crippen LogP contribution in [-0.2, 0) is 4.74 Å². The fourth-order valence-electron chi connectivity index (χ4n) is 2.03. The Balaban J connectivity index is 2.07. The SMILES string of the molecule is CN(CCC1CCOCC1)CCC(C)(C)N. The maximum Gasteiger partial charge on any atom is 0.0468 e. The molecule has 1 rings (SSSR count). The van der Waals surface area contributed by atoms with Gasteiger partial charge in [0.1, 0.15) is 0 Å². The van der Waals surface area contributed by atoms with Crippen LogP contribution in [0.5, 0.6) is 0 Å². The molecule has 0 amide bonds. The summed E-state index contributed by atoms with van der Waals surface area (Å²) in [4.78, 5) is 2.41. The molecule has 0 unspecified atom stereocenters. The Morgan fingerprint density at radius 1 is 1.25 bits per heavy atom. The van der Waals surface area contributed by atoms with Crippen molar-refractivity contribution in [1.82, 2.24) is 4.90 Å². The summed E-state index contributed by atoms with van der Waals surface area (Å²) in [6.07, 6.45) is 4.87. The van der Waals surface area contributed by atoms with Crippen molar-refractivity contribution in [1.29, 1.82) is 0 Å². The molecule has 0 saturated carbocycles. The lowest BCUT2D eigenvalue weighted by molar-refractivity contribution is 0.0608. The van der Waals surface area contributed by atoms with Gasteiger partial charge < -0.3 is 15.4 Å². The molecule has 0 aliphatic carbocycles. The van der Waals surface area contributed by atoms with Crippen LogP contribution in [-0.4, -0.2) is 43.8 Å². The summed E-state index contributed by atoms with van der Waals surface area (Å²) in [7, 11) is 2.20. The zero-order valence-corrected chi connectivity index (χ0v) is 11.2. The van der Waals surface area contributed by atoms with Crippen molar-refractivity contribution in [2.45, 2.75) is 45.1 Å². The smallest absolute Gasteiger partial charge is 0.0468 e. The number of nitrogens with two attached hydrogens (primary N) is 1. The summed E-state index contributed by atoms with van der Waals surface area (Å²) in [6, 6.07) is 0.